The van der Waals surface area contributed by atoms with Crippen molar-refractivity contribution in [2.24, 2.45) is 0 Å². The number of halogens is 1. The zero-order valence-corrected chi connectivity index (χ0v) is 9.95. The van der Waals surface area contributed by atoms with Crippen LogP contribution in [0.5, 0.6) is 0 Å². The predicted octanol–water partition coefficient (Wildman–Crippen LogP) is 1.42. The van der Waals surface area contributed by atoms with Gasteiger partial charge in [0.15, 0.2) is 9.84 Å². The van der Waals surface area contributed by atoms with Gasteiger partial charge in [0, 0.05) is 9.35 Å². The second kappa shape index (κ2) is 4.54. The van der Waals surface area contributed by atoms with Crippen molar-refractivity contribution >= 4 is 37.1 Å². The predicted molar refractivity (Wildman–Crippen MR) is 56.6 cm³/mol. The summed E-state index contributed by atoms with van der Waals surface area (Å²) >= 11 is 4.65. The number of hydrogen-bond donors (Lipinski definition) is 1. The van der Waals surface area contributed by atoms with Crippen LogP contribution in [0, 0.1) is 0 Å². The lowest BCUT2D eigenvalue weighted by Crippen LogP contribution is -2.11. The zero-order valence-electron chi connectivity index (χ0n) is 6.73. The van der Waals surface area contributed by atoms with Gasteiger partial charge < -0.3 is 5.11 Å². The van der Waals surface area contributed by atoms with Crippen LogP contribution in [0.25, 0.3) is 0 Å². The van der Waals surface area contributed by atoms with Crippen molar-refractivity contribution in [3.05, 3.63) is 20.8 Å². The maximum atomic E-state index is 11.3. The van der Waals surface area contributed by atoms with Gasteiger partial charge >= 0.3 is 0 Å². The summed E-state index contributed by atoms with van der Waals surface area (Å²) in [5.74, 6) is -0.164. The zero-order chi connectivity index (χ0) is 9.90. The maximum Gasteiger partial charge on any atom is 0.157 e. The van der Waals surface area contributed by atoms with Gasteiger partial charge in [0.2, 0.25) is 0 Å². The summed E-state index contributed by atoms with van der Waals surface area (Å²) in [7, 11) is -3.15. The minimum Gasteiger partial charge on any atom is -0.395 e. The Morgan fingerprint density at radius 3 is 2.69 bits per heavy atom. The summed E-state index contributed by atoms with van der Waals surface area (Å²) in [5.41, 5.74) is 0. The molecule has 0 saturated carbocycles. The summed E-state index contributed by atoms with van der Waals surface area (Å²) in [5, 5.41) is 10.3. The van der Waals surface area contributed by atoms with E-state index in [4.69, 9.17) is 5.11 Å². The highest BCUT2D eigenvalue weighted by Crippen LogP contribution is 2.24. The minimum absolute atomic E-state index is 0.00576. The van der Waals surface area contributed by atoms with Crippen LogP contribution >= 0.6 is 27.3 Å². The van der Waals surface area contributed by atoms with E-state index in [1.807, 2.05) is 11.4 Å². The first kappa shape index (κ1) is 11.2. The Bertz CT molecular complexity index is 369. The van der Waals surface area contributed by atoms with Crippen molar-refractivity contribution in [1.82, 2.24) is 0 Å². The molecule has 0 amide bonds. The summed E-state index contributed by atoms with van der Waals surface area (Å²) in [4.78, 5) is 0.786. The van der Waals surface area contributed by atoms with Crippen molar-refractivity contribution in [2.75, 3.05) is 12.4 Å². The first-order valence-corrected chi connectivity index (χ1v) is 7.08. The molecule has 0 unspecified atom stereocenters. The monoisotopic (exact) mass is 284 g/mol. The topological polar surface area (TPSA) is 54.4 Å². The number of hydrogen-bond acceptors (Lipinski definition) is 4. The standard InChI is InChI=1S/C7H9BrO3S2/c8-6-1-3-12-7(6)5-13(10,11)4-2-9/h1,3,9H,2,4-5H2. The highest BCUT2D eigenvalue weighted by atomic mass is 79.9. The first-order valence-electron chi connectivity index (χ1n) is 3.58. The summed E-state index contributed by atoms with van der Waals surface area (Å²) in [6.07, 6.45) is 0. The average molecular weight is 285 g/mol. The molecule has 0 aliphatic carbocycles. The smallest absolute Gasteiger partial charge is 0.157 e. The Balaban J connectivity index is 2.75. The molecule has 0 aliphatic heterocycles. The van der Waals surface area contributed by atoms with Gasteiger partial charge in [0.05, 0.1) is 18.1 Å². The van der Waals surface area contributed by atoms with Crippen molar-refractivity contribution in [3.63, 3.8) is 0 Å². The number of aliphatic hydroxyl groups excluding tert-OH is 1. The van der Waals surface area contributed by atoms with Crippen LogP contribution in [-0.4, -0.2) is 25.9 Å². The number of aliphatic hydroxyl groups is 1. The first-order chi connectivity index (χ1) is 6.05. The molecule has 0 radical (unpaired) electrons. The number of rotatable bonds is 4. The SMILES string of the molecule is O=S(=O)(CCO)Cc1sccc1Br. The Morgan fingerprint density at radius 1 is 1.54 bits per heavy atom. The van der Waals surface area contributed by atoms with Crippen LogP contribution < -0.4 is 0 Å². The van der Waals surface area contributed by atoms with Crippen LogP contribution in [0.4, 0.5) is 0 Å². The molecule has 0 bridgehead atoms. The van der Waals surface area contributed by atoms with Crippen LogP contribution in [-0.2, 0) is 15.6 Å². The van der Waals surface area contributed by atoms with Crippen molar-refractivity contribution in [2.45, 2.75) is 5.75 Å². The van der Waals surface area contributed by atoms with Gasteiger partial charge in [-0.3, -0.25) is 0 Å². The average Bonchev–Trinajstić information content (AvgIpc) is 2.35. The van der Waals surface area contributed by atoms with Crippen molar-refractivity contribution in [3.8, 4) is 0 Å². The molecule has 0 aliphatic rings. The lowest BCUT2D eigenvalue weighted by atomic mass is 10.5. The van der Waals surface area contributed by atoms with Gasteiger partial charge in [-0.15, -0.1) is 11.3 Å². The van der Waals surface area contributed by atoms with E-state index in [2.05, 4.69) is 15.9 Å². The van der Waals surface area contributed by atoms with Crippen LogP contribution in [0.15, 0.2) is 15.9 Å². The maximum absolute atomic E-state index is 11.3. The second-order valence-electron chi connectivity index (χ2n) is 2.51. The normalized spacial score (nSPS) is 11.8. The third-order valence-corrected chi connectivity index (χ3v) is 5.09. The molecule has 3 nitrogen and oxygen atoms in total. The quantitative estimate of drug-likeness (QED) is 0.910. The number of thiophene rings is 1. The van der Waals surface area contributed by atoms with Gasteiger partial charge in [-0.2, -0.15) is 0 Å². The van der Waals surface area contributed by atoms with E-state index in [0.717, 1.165) is 9.35 Å². The summed E-state index contributed by atoms with van der Waals surface area (Å²) < 4.78 is 23.4. The van der Waals surface area contributed by atoms with Gasteiger partial charge in [-0.05, 0) is 27.4 Å². The lowest BCUT2D eigenvalue weighted by molar-refractivity contribution is 0.319. The molecule has 74 valence electrons. The molecule has 6 heteroatoms. The van der Waals surface area contributed by atoms with Crippen LogP contribution in [0.3, 0.4) is 0 Å². The Hall–Kier alpha value is 0.0900. The third-order valence-electron chi connectivity index (χ3n) is 1.44. The van der Waals surface area contributed by atoms with Crippen LogP contribution in [0.1, 0.15) is 4.88 Å². The summed E-state index contributed by atoms with van der Waals surface area (Å²) in [6, 6.07) is 1.81. The van der Waals surface area contributed by atoms with E-state index in [0.29, 0.717) is 0 Å². The third kappa shape index (κ3) is 3.38. The molecule has 13 heavy (non-hydrogen) atoms. The highest BCUT2D eigenvalue weighted by Gasteiger charge is 2.13. The highest BCUT2D eigenvalue weighted by molar-refractivity contribution is 9.10. The van der Waals surface area contributed by atoms with E-state index in [1.165, 1.54) is 11.3 Å². The van der Waals surface area contributed by atoms with Gasteiger partial charge in [-0.1, -0.05) is 0 Å². The Labute approximate surface area is 89.5 Å². The second-order valence-corrected chi connectivity index (χ2v) is 6.55. The molecule has 1 aromatic rings. The molecule has 1 heterocycles. The van der Waals surface area contributed by atoms with Gasteiger partial charge in [0.1, 0.15) is 0 Å². The molecule has 0 fully saturated rings. The Kier molecular flexibility index (Phi) is 3.90. The minimum atomic E-state index is -3.15. The number of sulfone groups is 1. The molecule has 0 spiro atoms. The largest absolute Gasteiger partial charge is 0.395 e. The van der Waals surface area contributed by atoms with E-state index >= 15 is 0 Å². The fraction of sp³-hybridized carbons (Fsp3) is 0.429. The molecule has 0 aromatic carbocycles. The molecular formula is C7H9BrO3S2. The molecule has 0 saturated heterocycles. The van der Waals surface area contributed by atoms with Gasteiger partial charge in [-0.25, -0.2) is 8.42 Å². The van der Waals surface area contributed by atoms with E-state index in [1.54, 1.807) is 0 Å². The molecule has 1 rings (SSSR count). The molecule has 0 atom stereocenters. The van der Waals surface area contributed by atoms with E-state index < -0.39 is 9.84 Å². The molecule has 1 N–H and O–H groups in total. The molecule has 1 aromatic heterocycles. The fourth-order valence-corrected chi connectivity index (χ4v) is 4.09. The summed E-state index contributed by atoms with van der Waals surface area (Å²) in [6.45, 7) is -0.314. The molecular weight excluding hydrogens is 276 g/mol. The van der Waals surface area contributed by atoms with Crippen LogP contribution in [0.2, 0.25) is 0 Å². The van der Waals surface area contributed by atoms with Crippen molar-refractivity contribution in [1.29, 1.82) is 0 Å². The Morgan fingerprint density at radius 2 is 2.23 bits per heavy atom. The van der Waals surface area contributed by atoms with E-state index in [-0.39, 0.29) is 18.1 Å². The van der Waals surface area contributed by atoms with Crippen molar-refractivity contribution < 1.29 is 13.5 Å². The fourth-order valence-electron chi connectivity index (χ4n) is 0.839. The van der Waals surface area contributed by atoms with E-state index in [9.17, 15) is 8.42 Å². The van der Waals surface area contributed by atoms with Gasteiger partial charge in [0.25, 0.3) is 0 Å². The lowest BCUT2D eigenvalue weighted by Gasteiger charge is -2.00.